The van der Waals surface area contributed by atoms with E-state index in [1.807, 2.05) is 6.92 Å². The lowest BCUT2D eigenvalue weighted by molar-refractivity contribution is 0.123. The van der Waals surface area contributed by atoms with Crippen LogP contribution in [-0.2, 0) is 10.0 Å². The van der Waals surface area contributed by atoms with Gasteiger partial charge in [-0.05, 0) is 44.0 Å². The molecule has 0 spiro atoms. The van der Waals surface area contributed by atoms with E-state index in [9.17, 15) is 8.42 Å². The van der Waals surface area contributed by atoms with Crippen molar-refractivity contribution in [3.05, 3.63) is 36.5 Å². The van der Waals surface area contributed by atoms with Gasteiger partial charge in [-0.3, -0.25) is 0 Å². The van der Waals surface area contributed by atoms with E-state index in [0.717, 1.165) is 6.42 Å². The fourth-order valence-corrected chi connectivity index (χ4v) is 4.41. The van der Waals surface area contributed by atoms with Gasteiger partial charge in [-0.2, -0.15) is 9.29 Å². The molecule has 8 nitrogen and oxygen atoms in total. The third kappa shape index (κ3) is 4.67. The molecule has 0 radical (unpaired) electrons. The Kier molecular flexibility index (Phi) is 6.12. The monoisotopic (exact) mass is 393 g/mol. The average Bonchev–Trinajstić information content (AvgIpc) is 2.69. The molecule has 1 atom stereocenters. The summed E-state index contributed by atoms with van der Waals surface area (Å²) in [6, 6.07) is 8.31. The van der Waals surface area contributed by atoms with E-state index in [4.69, 9.17) is 14.2 Å². The molecule has 2 heterocycles. The van der Waals surface area contributed by atoms with E-state index in [0.29, 0.717) is 31.2 Å². The molecule has 1 aromatic heterocycles. The molecule has 0 saturated carbocycles. The smallest absolute Gasteiger partial charge is 0.319 e. The molecular formula is C18H23N3O5S. The molecule has 0 amide bonds. The van der Waals surface area contributed by atoms with Gasteiger partial charge in [0.2, 0.25) is 15.9 Å². The fraction of sp³-hybridized carbons (Fsp3) is 0.444. The Morgan fingerprint density at radius 3 is 2.70 bits per heavy atom. The minimum atomic E-state index is -3.59. The van der Waals surface area contributed by atoms with Crippen LogP contribution < -0.4 is 14.2 Å². The number of aromatic nitrogens is 2. The lowest BCUT2D eigenvalue weighted by atomic mass is 10.1. The van der Waals surface area contributed by atoms with Crippen LogP contribution >= 0.6 is 0 Å². The summed E-state index contributed by atoms with van der Waals surface area (Å²) in [4.78, 5) is 8.30. The molecule has 1 saturated heterocycles. The maximum atomic E-state index is 12.9. The third-order valence-corrected chi connectivity index (χ3v) is 6.07. The van der Waals surface area contributed by atoms with E-state index < -0.39 is 10.0 Å². The Hall–Kier alpha value is -2.39. The molecule has 9 heteroatoms. The Morgan fingerprint density at radius 2 is 2.00 bits per heavy atom. The average molecular weight is 393 g/mol. The second-order valence-corrected chi connectivity index (χ2v) is 7.97. The number of hydrogen-bond donors (Lipinski definition) is 0. The van der Waals surface area contributed by atoms with Crippen LogP contribution in [0.3, 0.4) is 0 Å². The van der Waals surface area contributed by atoms with E-state index in [1.54, 1.807) is 36.5 Å². The number of benzene rings is 1. The van der Waals surface area contributed by atoms with Gasteiger partial charge in [0.15, 0.2) is 0 Å². The molecule has 2 aromatic rings. The molecule has 3 rings (SSSR count). The summed E-state index contributed by atoms with van der Waals surface area (Å²) in [5.41, 5.74) is 0. The maximum Gasteiger partial charge on any atom is 0.319 e. The van der Waals surface area contributed by atoms with Gasteiger partial charge in [-0.1, -0.05) is 0 Å². The molecular weight excluding hydrogens is 370 g/mol. The molecule has 1 fully saturated rings. The molecule has 1 unspecified atom stereocenters. The standard InChI is InChI=1S/C18H23N3O5S/c1-3-25-14-6-8-16(9-7-14)27(22,23)21-12-4-5-15(13-21)26-17-10-11-19-18(20-17)24-2/h6-11,15H,3-5,12-13H2,1-2H3. The number of ether oxygens (including phenoxy) is 3. The lowest BCUT2D eigenvalue weighted by Gasteiger charge is -2.31. The first-order chi connectivity index (χ1) is 13.0. The van der Waals surface area contributed by atoms with Crippen LogP contribution in [0.1, 0.15) is 19.8 Å². The summed E-state index contributed by atoms with van der Waals surface area (Å²) in [6.45, 7) is 3.14. The molecule has 0 N–H and O–H groups in total. The van der Waals surface area contributed by atoms with Crippen LogP contribution in [0.2, 0.25) is 0 Å². The Balaban J connectivity index is 1.70. The zero-order valence-corrected chi connectivity index (χ0v) is 16.2. The van der Waals surface area contributed by atoms with Crippen molar-refractivity contribution in [2.24, 2.45) is 0 Å². The van der Waals surface area contributed by atoms with Gasteiger partial charge in [0.1, 0.15) is 11.9 Å². The summed E-state index contributed by atoms with van der Waals surface area (Å²) in [5.74, 6) is 1.01. The number of methoxy groups -OCH3 is 1. The van der Waals surface area contributed by atoms with E-state index >= 15 is 0 Å². The van der Waals surface area contributed by atoms with Crippen molar-refractivity contribution in [2.75, 3.05) is 26.8 Å². The van der Waals surface area contributed by atoms with Crippen LogP contribution in [0.5, 0.6) is 17.6 Å². The van der Waals surface area contributed by atoms with Crippen LogP contribution in [0.4, 0.5) is 0 Å². The first-order valence-corrected chi connectivity index (χ1v) is 10.2. The first kappa shape index (κ1) is 19.4. The third-order valence-electron chi connectivity index (χ3n) is 4.19. The number of sulfonamides is 1. The molecule has 1 aliphatic rings. The number of nitrogens with zero attached hydrogens (tertiary/aromatic N) is 3. The molecule has 1 aliphatic heterocycles. The Bertz CT molecular complexity index is 858. The summed E-state index contributed by atoms with van der Waals surface area (Å²) < 4.78 is 43.5. The Morgan fingerprint density at radius 1 is 1.22 bits per heavy atom. The SMILES string of the molecule is CCOc1ccc(S(=O)(=O)N2CCCC(Oc3ccnc(OC)n3)C2)cc1. The van der Waals surface area contributed by atoms with Crippen LogP contribution in [0.15, 0.2) is 41.4 Å². The molecule has 0 aliphatic carbocycles. The van der Waals surface area contributed by atoms with Crippen molar-refractivity contribution >= 4 is 10.0 Å². The predicted molar refractivity (Wildman–Crippen MR) is 98.6 cm³/mol. The van der Waals surface area contributed by atoms with E-state index in [-0.39, 0.29) is 23.6 Å². The predicted octanol–water partition coefficient (Wildman–Crippen LogP) is 2.12. The summed E-state index contributed by atoms with van der Waals surface area (Å²) in [7, 11) is -2.11. The van der Waals surface area contributed by atoms with Crippen molar-refractivity contribution < 1.29 is 22.6 Å². The van der Waals surface area contributed by atoms with Crippen molar-refractivity contribution in [1.82, 2.24) is 14.3 Å². The zero-order valence-electron chi connectivity index (χ0n) is 15.4. The van der Waals surface area contributed by atoms with Gasteiger partial charge in [0, 0.05) is 18.8 Å². The van der Waals surface area contributed by atoms with Crippen LogP contribution in [0.25, 0.3) is 0 Å². The zero-order chi connectivity index (χ0) is 19.3. The second kappa shape index (κ2) is 8.53. The van der Waals surface area contributed by atoms with Gasteiger partial charge in [-0.15, -0.1) is 0 Å². The van der Waals surface area contributed by atoms with Crippen molar-refractivity contribution in [2.45, 2.75) is 30.8 Å². The topological polar surface area (TPSA) is 90.9 Å². The number of hydrogen-bond acceptors (Lipinski definition) is 7. The van der Waals surface area contributed by atoms with E-state index in [2.05, 4.69) is 9.97 Å². The van der Waals surface area contributed by atoms with Gasteiger partial charge in [-0.25, -0.2) is 13.4 Å². The highest BCUT2D eigenvalue weighted by Crippen LogP contribution is 2.25. The Labute approximate surface area is 159 Å². The quantitative estimate of drug-likeness (QED) is 0.711. The van der Waals surface area contributed by atoms with E-state index in [1.165, 1.54) is 11.4 Å². The second-order valence-electron chi connectivity index (χ2n) is 6.03. The normalized spacial score (nSPS) is 18.1. The van der Waals surface area contributed by atoms with Crippen LogP contribution in [-0.4, -0.2) is 55.6 Å². The highest BCUT2D eigenvalue weighted by Gasteiger charge is 2.31. The summed E-state index contributed by atoms with van der Waals surface area (Å²) >= 11 is 0. The minimum absolute atomic E-state index is 0.210. The highest BCUT2D eigenvalue weighted by molar-refractivity contribution is 7.89. The van der Waals surface area contributed by atoms with Gasteiger partial charge >= 0.3 is 6.01 Å². The summed E-state index contributed by atoms with van der Waals surface area (Å²) in [6.07, 6.45) is 2.72. The maximum absolute atomic E-state index is 12.9. The van der Waals surface area contributed by atoms with Crippen molar-refractivity contribution in [1.29, 1.82) is 0 Å². The first-order valence-electron chi connectivity index (χ1n) is 8.79. The molecule has 146 valence electrons. The number of piperidine rings is 1. The molecule has 27 heavy (non-hydrogen) atoms. The van der Waals surface area contributed by atoms with Crippen LogP contribution in [0, 0.1) is 0 Å². The fourth-order valence-electron chi connectivity index (χ4n) is 2.90. The number of rotatable bonds is 7. The lowest BCUT2D eigenvalue weighted by Crippen LogP contribution is -2.44. The highest BCUT2D eigenvalue weighted by atomic mass is 32.2. The van der Waals surface area contributed by atoms with Gasteiger partial charge in [0.05, 0.1) is 25.2 Å². The minimum Gasteiger partial charge on any atom is -0.494 e. The van der Waals surface area contributed by atoms with Gasteiger partial charge in [0.25, 0.3) is 0 Å². The van der Waals surface area contributed by atoms with Crippen molar-refractivity contribution in [3.8, 4) is 17.6 Å². The summed E-state index contributed by atoms with van der Waals surface area (Å²) in [5, 5.41) is 0. The molecule has 1 aromatic carbocycles. The van der Waals surface area contributed by atoms with Crippen molar-refractivity contribution in [3.63, 3.8) is 0 Å². The largest absolute Gasteiger partial charge is 0.494 e. The molecule has 0 bridgehead atoms. The van der Waals surface area contributed by atoms with Gasteiger partial charge < -0.3 is 14.2 Å².